The molecular weight excluding hydrogens is 196 g/mol. The van der Waals surface area contributed by atoms with E-state index in [0.717, 1.165) is 5.56 Å². The van der Waals surface area contributed by atoms with E-state index in [1.807, 2.05) is 31.2 Å². The molecule has 0 fully saturated rings. The summed E-state index contributed by atoms with van der Waals surface area (Å²) in [4.78, 5) is 11.1. The average molecular weight is 210 g/mol. The molecule has 0 N–H and O–H groups in total. The molecule has 1 atom stereocenters. The van der Waals surface area contributed by atoms with Gasteiger partial charge in [0.15, 0.2) is 0 Å². The van der Waals surface area contributed by atoms with Gasteiger partial charge in [-0.3, -0.25) is 4.79 Å². The van der Waals surface area contributed by atoms with Crippen LogP contribution in [0, 0.1) is 6.92 Å². The zero-order valence-electron chi connectivity index (χ0n) is 8.36. The summed E-state index contributed by atoms with van der Waals surface area (Å²) in [5, 5.41) is -0.372. The number of methoxy groups -OCH3 is 1. The fourth-order valence-corrected chi connectivity index (χ4v) is 1.48. The third kappa shape index (κ3) is 3.07. The molecule has 2 nitrogen and oxygen atoms in total. The van der Waals surface area contributed by atoms with E-state index in [1.165, 1.54) is 12.7 Å². The van der Waals surface area contributed by atoms with Crippen molar-refractivity contribution in [1.82, 2.24) is 0 Å². The van der Waals surface area contributed by atoms with Gasteiger partial charge < -0.3 is 4.74 Å². The van der Waals surface area contributed by atoms with E-state index in [4.69, 9.17) is 0 Å². The molecule has 0 heterocycles. The maximum absolute atomic E-state index is 11.1. The van der Waals surface area contributed by atoms with Crippen LogP contribution in [0.1, 0.15) is 11.1 Å². The number of carbonyl (C=O) groups is 1. The first-order valence-corrected chi connectivity index (χ1v) is 4.96. The van der Waals surface area contributed by atoms with Gasteiger partial charge in [-0.2, -0.15) is 12.6 Å². The Labute approximate surface area is 89.7 Å². The van der Waals surface area contributed by atoms with Gasteiger partial charge in [-0.25, -0.2) is 0 Å². The van der Waals surface area contributed by atoms with Crippen LogP contribution in [-0.4, -0.2) is 18.3 Å². The van der Waals surface area contributed by atoms with Crippen LogP contribution in [0.3, 0.4) is 0 Å². The second-order valence-electron chi connectivity index (χ2n) is 3.23. The van der Waals surface area contributed by atoms with E-state index in [0.29, 0.717) is 6.42 Å². The Kier molecular flexibility index (Phi) is 4.01. The largest absolute Gasteiger partial charge is 0.468 e. The van der Waals surface area contributed by atoms with Crippen LogP contribution in [-0.2, 0) is 16.0 Å². The predicted octanol–water partition coefficient (Wildman–Crippen LogP) is 2.01. The second-order valence-corrected chi connectivity index (χ2v) is 3.85. The summed E-state index contributed by atoms with van der Waals surface area (Å²) in [7, 11) is 1.38. The van der Waals surface area contributed by atoms with Crippen molar-refractivity contribution in [1.29, 1.82) is 0 Å². The monoisotopic (exact) mass is 210 g/mol. The average Bonchev–Trinajstić information content (AvgIpc) is 2.20. The number of rotatable bonds is 3. The van der Waals surface area contributed by atoms with Crippen LogP contribution < -0.4 is 0 Å². The van der Waals surface area contributed by atoms with Gasteiger partial charge in [-0.1, -0.05) is 29.8 Å². The lowest BCUT2D eigenvalue weighted by Crippen LogP contribution is -2.18. The van der Waals surface area contributed by atoms with Crippen molar-refractivity contribution in [2.75, 3.05) is 7.11 Å². The fraction of sp³-hybridized carbons (Fsp3) is 0.364. The van der Waals surface area contributed by atoms with Crippen molar-refractivity contribution < 1.29 is 9.53 Å². The Morgan fingerprint density at radius 2 is 2.00 bits per heavy atom. The minimum Gasteiger partial charge on any atom is -0.468 e. The molecule has 0 unspecified atom stereocenters. The zero-order valence-corrected chi connectivity index (χ0v) is 9.25. The Bertz CT molecular complexity index is 306. The van der Waals surface area contributed by atoms with Gasteiger partial charge in [-0.05, 0) is 18.9 Å². The van der Waals surface area contributed by atoms with Gasteiger partial charge in [-0.15, -0.1) is 0 Å². The minimum absolute atomic E-state index is 0.283. The van der Waals surface area contributed by atoms with E-state index >= 15 is 0 Å². The lowest BCUT2D eigenvalue weighted by Gasteiger charge is -2.08. The summed E-state index contributed by atoms with van der Waals surface area (Å²) in [5.74, 6) is -0.283. The topological polar surface area (TPSA) is 26.3 Å². The highest BCUT2D eigenvalue weighted by Gasteiger charge is 2.14. The van der Waals surface area contributed by atoms with Crippen LogP contribution >= 0.6 is 12.6 Å². The first kappa shape index (κ1) is 11.1. The molecule has 1 aromatic rings. The standard InChI is InChI=1S/C11H14O2S/c1-8-3-5-9(6-4-8)7-10(14)11(12)13-2/h3-6,10,14H,7H2,1-2H3/t10-/m0/s1. The molecule has 1 aromatic carbocycles. The van der Waals surface area contributed by atoms with Crippen LogP contribution in [0.25, 0.3) is 0 Å². The lowest BCUT2D eigenvalue weighted by molar-refractivity contribution is -0.139. The van der Waals surface area contributed by atoms with Crippen molar-refractivity contribution >= 4 is 18.6 Å². The smallest absolute Gasteiger partial charge is 0.318 e. The zero-order chi connectivity index (χ0) is 10.6. The van der Waals surface area contributed by atoms with E-state index in [2.05, 4.69) is 17.4 Å². The molecule has 0 saturated heterocycles. The van der Waals surface area contributed by atoms with E-state index < -0.39 is 0 Å². The molecule has 1 rings (SSSR count). The Balaban J connectivity index is 2.60. The van der Waals surface area contributed by atoms with Crippen molar-refractivity contribution in [2.45, 2.75) is 18.6 Å². The maximum atomic E-state index is 11.1. The Morgan fingerprint density at radius 1 is 1.43 bits per heavy atom. The number of esters is 1. The van der Waals surface area contributed by atoms with Crippen LogP contribution in [0.15, 0.2) is 24.3 Å². The number of benzene rings is 1. The van der Waals surface area contributed by atoms with E-state index in [9.17, 15) is 4.79 Å². The second kappa shape index (κ2) is 5.05. The third-order valence-corrected chi connectivity index (χ3v) is 2.42. The molecule has 0 aliphatic carbocycles. The van der Waals surface area contributed by atoms with Gasteiger partial charge in [0.1, 0.15) is 5.25 Å². The molecule has 0 radical (unpaired) electrons. The number of ether oxygens (including phenoxy) is 1. The van der Waals surface area contributed by atoms with Gasteiger partial charge in [0, 0.05) is 0 Å². The lowest BCUT2D eigenvalue weighted by atomic mass is 10.1. The molecule has 0 aliphatic heterocycles. The van der Waals surface area contributed by atoms with Crippen LogP contribution in [0.5, 0.6) is 0 Å². The van der Waals surface area contributed by atoms with Crippen molar-refractivity contribution in [3.05, 3.63) is 35.4 Å². The van der Waals surface area contributed by atoms with Crippen molar-refractivity contribution in [2.24, 2.45) is 0 Å². The van der Waals surface area contributed by atoms with E-state index in [1.54, 1.807) is 0 Å². The van der Waals surface area contributed by atoms with Gasteiger partial charge in [0.05, 0.1) is 7.11 Å². The molecule has 0 amide bonds. The van der Waals surface area contributed by atoms with Crippen molar-refractivity contribution in [3.63, 3.8) is 0 Å². The summed E-state index contributed by atoms with van der Waals surface area (Å²) in [6, 6.07) is 8.04. The molecule has 0 saturated carbocycles. The predicted molar refractivity (Wildman–Crippen MR) is 59.7 cm³/mol. The first-order valence-electron chi connectivity index (χ1n) is 4.45. The Hall–Kier alpha value is -0.960. The van der Waals surface area contributed by atoms with Crippen molar-refractivity contribution in [3.8, 4) is 0 Å². The molecular formula is C11H14O2S. The van der Waals surface area contributed by atoms with Crippen LogP contribution in [0.4, 0.5) is 0 Å². The molecule has 0 aliphatic rings. The molecule has 14 heavy (non-hydrogen) atoms. The van der Waals surface area contributed by atoms with Gasteiger partial charge >= 0.3 is 5.97 Å². The number of hydrogen-bond acceptors (Lipinski definition) is 3. The highest BCUT2D eigenvalue weighted by molar-refractivity contribution is 7.81. The molecule has 0 spiro atoms. The number of thiol groups is 1. The minimum atomic E-state index is -0.372. The number of carbonyl (C=O) groups excluding carboxylic acids is 1. The first-order chi connectivity index (χ1) is 6.63. The third-order valence-electron chi connectivity index (χ3n) is 2.02. The van der Waals surface area contributed by atoms with Gasteiger partial charge in [0.25, 0.3) is 0 Å². The summed E-state index contributed by atoms with van der Waals surface area (Å²) in [6.07, 6.45) is 0.607. The van der Waals surface area contributed by atoms with Crippen LogP contribution in [0.2, 0.25) is 0 Å². The Morgan fingerprint density at radius 3 is 2.50 bits per heavy atom. The molecule has 0 bridgehead atoms. The quantitative estimate of drug-likeness (QED) is 0.610. The summed E-state index contributed by atoms with van der Waals surface area (Å²) in [6.45, 7) is 2.03. The normalized spacial score (nSPS) is 12.2. The van der Waals surface area contributed by atoms with E-state index in [-0.39, 0.29) is 11.2 Å². The fourth-order valence-electron chi connectivity index (χ4n) is 1.17. The maximum Gasteiger partial charge on any atom is 0.318 e. The number of hydrogen-bond donors (Lipinski definition) is 1. The highest BCUT2D eigenvalue weighted by atomic mass is 32.1. The SMILES string of the molecule is COC(=O)[C@@H](S)Cc1ccc(C)cc1. The van der Waals surface area contributed by atoms with Gasteiger partial charge in [0.2, 0.25) is 0 Å². The summed E-state index contributed by atoms with van der Waals surface area (Å²) in [5.41, 5.74) is 2.31. The molecule has 0 aromatic heterocycles. The summed E-state index contributed by atoms with van der Waals surface area (Å²) >= 11 is 4.17. The highest BCUT2D eigenvalue weighted by Crippen LogP contribution is 2.10. The molecule has 76 valence electrons. The summed E-state index contributed by atoms with van der Waals surface area (Å²) < 4.78 is 4.59. The molecule has 3 heteroatoms. The number of aryl methyl sites for hydroxylation is 1.